The van der Waals surface area contributed by atoms with Gasteiger partial charge in [-0.3, -0.25) is 19.2 Å². The summed E-state index contributed by atoms with van der Waals surface area (Å²) >= 11 is 0. The molecule has 0 aliphatic heterocycles. The van der Waals surface area contributed by atoms with E-state index >= 15 is 0 Å². The molecule has 276 valence electrons. The fourth-order valence-electron chi connectivity index (χ4n) is 6.47. The molecule has 0 aliphatic rings. The van der Waals surface area contributed by atoms with Crippen molar-refractivity contribution in [3.63, 3.8) is 0 Å². The van der Waals surface area contributed by atoms with Gasteiger partial charge in [-0.05, 0) is 38.5 Å². The molecule has 0 bridgehead atoms. The largest absolute Gasteiger partial charge is 0.481 e. The molecule has 0 spiro atoms. The minimum absolute atomic E-state index is 0.176. The third-order valence-electron chi connectivity index (χ3n) is 9.74. The highest BCUT2D eigenvalue weighted by atomic mass is 16.6. The molecule has 0 aromatic heterocycles. The number of rotatable bonds is 36. The topological polar surface area (TPSA) is 118 Å². The second kappa shape index (κ2) is 34.0. The van der Waals surface area contributed by atoms with Crippen molar-refractivity contribution in [2.45, 2.75) is 219 Å². The van der Waals surface area contributed by atoms with E-state index in [0.717, 1.165) is 89.9 Å². The third kappa shape index (κ3) is 31.1. The fraction of sp³-hybridized carbons (Fsp3) is 0.900. The SMILES string of the molecule is CCC(CCCCCCCCCCCCCCCC(=O)O)C(=O)OC(=O)C(CC)CCCCCCCCCCCCCCCC(=O)O. The lowest BCUT2D eigenvalue weighted by Crippen LogP contribution is -2.25. The summed E-state index contributed by atoms with van der Waals surface area (Å²) in [6.45, 7) is 4.02. The highest BCUT2D eigenvalue weighted by Gasteiger charge is 2.25. The van der Waals surface area contributed by atoms with Crippen molar-refractivity contribution in [3.8, 4) is 0 Å². The van der Waals surface area contributed by atoms with Crippen LogP contribution < -0.4 is 0 Å². The second-order valence-electron chi connectivity index (χ2n) is 14.0. The summed E-state index contributed by atoms with van der Waals surface area (Å²) in [5.74, 6) is -2.37. The Hall–Kier alpha value is -1.92. The number of carbonyl (C=O) groups excluding carboxylic acids is 2. The molecule has 7 nitrogen and oxygen atoms in total. The molecule has 0 amide bonds. The molecule has 2 unspecified atom stereocenters. The minimum Gasteiger partial charge on any atom is -0.481 e. The van der Waals surface area contributed by atoms with Gasteiger partial charge in [0, 0.05) is 12.8 Å². The number of carbonyl (C=O) groups is 4. The van der Waals surface area contributed by atoms with Gasteiger partial charge in [-0.25, -0.2) is 0 Å². The van der Waals surface area contributed by atoms with E-state index in [9.17, 15) is 19.2 Å². The Kier molecular flexibility index (Phi) is 32.6. The van der Waals surface area contributed by atoms with Crippen LogP contribution in [0.2, 0.25) is 0 Å². The molecule has 7 heteroatoms. The smallest absolute Gasteiger partial charge is 0.316 e. The van der Waals surface area contributed by atoms with E-state index in [-0.39, 0.29) is 23.8 Å². The van der Waals surface area contributed by atoms with E-state index < -0.39 is 11.9 Å². The van der Waals surface area contributed by atoms with Crippen LogP contribution in [0.4, 0.5) is 0 Å². The van der Waals surface area contributed by atoms with Gasteiger partial charge in [0.2, 0.25) is 0 Å². The Morgan fingerprint density at radius 2 is 0.596 bits per heavy atom. The van der Waals surface area contributed by atoms with E-state index in [1.165, 1.54) is 103 Å². The molecule has 0 aromatic carbocycles. The van der Waals surface area contributed by atoms with Crippen LogP contribution in [0, 0.1) is 11.8 Å². The van der Waals surface area contributed by atoms with Gasteiger partial charge in [0.05, 0.1) is 11.8 Å². The Labute approximate surface area is 288 Å². The maximum Gasteiger partial charge on any atom is 0.316 e. The number of hydrogen-bond donors (Lipinski definition) is 2. The van der Waals surface area contributed by atoms with Gasteiger partial charge >= 0.3 is 23.9 Å². The van der Waals surface area contributed by atoms with Crippen molar-refractivity contribution in [3.05, 3.63) is 0 Å². The highest BCUT2D eigenvalue weighted by molar-refractivity contribution is 5.87. The van der Waals surface area contributed by atoms with Crippen LogP contribution in [0.5, 0.6) is 0 Å². The molecule has 0 radical (unpaired) electrons. The van der Waals surface area contributed by atoms with Crippen LogP contribution >= 0.6 is 0 Å². The maximum absolute atomic E-state index is 12.7. The molecule has 2 atom stereocenters. The molecule has 0 fully saturated rings. The molecular weight excluding hydrogens is 592 g/mol. The molecular formula is C40H74O7. The number of esters is 2. The average molecular weight is 667 g/mol. The molecule has 0 saturated carbocycles. The van der Waals surface area contributed by atoms with Gasteiger partial charge in [-0.15, -0.1) is 0 Å². The van der Waals surface area contributed by atoms with Gasteiger partial charge in [0.1, 0.15) is 0 Å². The van der Waals surface area contributed by atoms with Crippen molar-refractivity contribution in [1.29, 1.82) is 0 Å². The van der Waals surface area contributed by atoms with Gasteiger partial charge in [0.15, 0.2) is 0 Å². The number of carboxylic acids is 2. The highest BCUT2D eigenvalue weighted by Crippen LogP contribution is 2.21. The summed E-state index contributed by atoms with van der Waals surface area (Å²) in [7, 11) is 0. The van der Waals surface area contributed by atoms with E-state index in [2.05, 4.69) is 0 Å². The van der Waals surface area contributed by atoms with Crippen molar-refractivity contribution in [1.82, 2.24) is 0 Å². The van der Waals surface area contributed by atoms with Crippen LogP contribution in [-0.4, -0.2) is 34.1 Å². The van der Waals surface area contributed by atoms with Gasteiger partial charge in [-0.2, -0.15) is 0 Å². The molecule has 0 aliphatic carbocycles. The van der Waals surface area contributed by atoms with Crippen LogP contribution in [0.15, 0.2) is 0 Å². The van der Waals surface area contributed by atoms with Gasteiger partial charge < -0.3 is 14.9 Å². The van der Waals surface area contributed by atoms with E-state index in [1.54, 1.807) is 0 Å². The normalized spacial score (nSPS) is 12.6. The number of hydrogen-bond acceptors (Lipinski definition) is 5. The minimum atomic E-state index is -0.687. The lowest BCUT2D eigenvalue weighted by Gasteiger charge is -2.17. The first kappa shape index (κ1) is 45.1. The van der Waals surface area contributed by atoms with Crippen LogP contribution in [0.1, 0.15) is 219 Å². The van der Waals surface area contributed by atoms with E-state index in [4.69, 9.17) is 14.9 Å². The quantitative estimate of drug-likeness (QED) is 0.0388. The zero-order valence-electron chi connectivity index (χ0n) is 30.7. The molecule has 0 aromatic rings. The predicted molar refractivity (Wildman–Crippen MR) is 192 cm³/mol. The van der Waals surface area contributed by atoms with E-state index in [1.807, 2.05) is 13.8 Å². The average Bonchev–Trinajstić information content (AvgIpc) is 3.04. The van der Waals surface area contributed by atoms with Crippen LogP contribution in [0.3, 0.4) is 0 Å². The van der Waals surface area contributed by atoms with Crippen molar-refractivity contribution >= 4 is 23.9 Å². The zero-order valence-corrected chi connectivity index (χ0v) is 30.7. The van der Waals surface area contributed by atoms with Crippen LogP contribution in [-0.2, 0) is 23.9 Å². The summed E-state index contributed by atoms with van der Waals surface area (Å²) in [6, 6.07) is 0. The zero-order chi connectivity index (χ0) is 34.8. The Balaban J connectivity index is 3.75. The molecule has 0 rings (SSSR count). The molecule has 2 N–H and O–H groups in total. The first-order valence-electron chi connectivity index (χ1n) is 20.0. The predicted octanol–water partition coefficient (Wildman–Crippen LogP) is 12.0. The summed E-state index contributed by atoms with van der Waals surface area (Å²) in [4.78, 5) is 46.5. The lowest BCUT2D eigenvalue weighted by atomic mass is 9.96. The monoisotopic (exact) mass is 667 g/mol. The summed E-state index contributed by atoms with van der Waals surface area (Å²) in [5.41, 5.74) is 0. The lowest BCUT2D eigenvalue weighted by molar-refractivity contribution is -0.166. The third-order valence-corrected chi connectivity index (χ3v) is 9.74. The maximum atomic E-state index is 12.7. The number of aliphatic carboxylic acids is 2. The molecule has 0 saturated heterocycles. The Bertz CT molecular complexity index is 704. The molecule has 0 heterocycles. The van der Waals surface area contributed by atoms with E-state index in [0.29, 0.717) is 12.8 Å². The number of unbranched alkanes of at least 4 members (excludes halogenated alkanes) is 24. The molecule has 47 heavy (non-hydrogen) atoms. The fourth-order valence-corrected chi connectivity index (χ4v) is 6.47. The Morgan fingerprint density at radius 1 is 0.383 bits per heavy atom. The second-order valence-corrected chi connectivity index (χ2v) is 14.0. The first-order valence-corrected chi connectivity index (χ1v) is 20.0. The first-order chi connectivity index (χ1) is 22.8. The van der Waals surface area contributed by atoms with Gasteiger partial charge in [-0.1, -0.05) is 168 Å². The van der Waals surface area contributed by atoms with Crippen molar-refractivity contribution < 1.29 is 34.1 Å². The van der Waals surface area contributed by atoms with Crippen LogP contribution in [0.25, 0.3) is 0 Å². The Morgan fingerprint density at radius 3 is 0.809 bits per heavy atom. The summed E-state index contributed by atoms with van der Waals surface area (Å²) in [6.07, 6.45) is 34.0. The number of carboxylic acid groups (broad SMARTS) is 2. The van der Waals surface area contributed by atoms with Crippen molar-refractivity contribution in [2.24, 2.45) is 11.8 Å². The summed E-state index contributed by atoms with van der Waals surface area (Å²) in [5, 5.41) is 17.3. The standard InChI is InChI=1S/C40H74O7/c1-3-35(31-27-23-19-15-11-7-5-9-13-17-21-25-29-33-37(41)42)39(45)47-40(46)36(4-2)32-28-24-20-16-12-8-6-10-14-18-22-26-30-34-38(43)44/h35-36H,3-34H2,1-2H3,(H,41,42)(H,43,44). The van der Waals surface area contributed by atoms with Gasteiger partial charge in [0.25, 0.3) is 0 Å². The van der Waals surface area contributed by atoms with Crippen molar-refractivity contribution in [2.75, 3.05) is 0 Å². The summed E-state index contributed by atoms with van der Waals surface area (Å²) < 4.78 is 5.39. The number of ether oxygens (including phenoxy) is 1.